The second-order valence-corrected chi connectivity index (χ2v) is 4.68. The molecule has 1 heterocycles. The maximum Gasteiger partial charge on any atom is 0.0580 e. The summed E-state index contributed by atoms with van der Waals surface area (Å²) in [5, 5.41) is 3.52. The average molecular weight is 273 g/mol. The molecule has 1 atom stereocenters. The van der Waals surface area contributed by atoms with Crippen LogP contribution in [-0.4, -0.2) is 11.5 Å². The average Bonchev–Trinajstić information content (AvgIpc) is 2.49. The fourth-order valence-corrected chi connectivity index (χ4v) is 2.01. The molecule has 19 heavy (non-hydrogen) atoms. The highest BCUT2D eigenvalue weighted by atomic mass is 35.5. The minimum atomic E-state index is 0.149. The maximum absolute atomic E-state index is 5.72. The zero-order valence-electron chi connectivity index (χ0n) is 10.9. The lowest BCUT2D eigenvalue weighted by atomic mass is 9.99. The molecule has 0 saturated carbocycles. The van der Waals surface area contributed by atoms with E-state index in [9.17, 15) is 0 Å². The third-order valence-electron chi connectivity index (χ3n) is 2.94. The Labute approximate surface area is 119 Å². The standard InChI is InChI=1S/C16H17ClN2/c1-13(11-17)12-19-16(14-5-3-2-4-6-14)15-7-9-18-10-8-15/h2-11,16,19H,12H2,1H3/b13-11-. The lowest BCUT2D eigenvalue weighted by molar-refractivity contribution is 0.640. The summed E-state index contributed by atoms with van der Waals surface area (Å²) < 4.78 is 0. The molecule has 0 aliphatic rings. The van der Waals surface area contributed by atoms with Crippen molar-refractivity contribution in [1.29, 1.82) is 0 Å². The maximum atomic E-state index is 5.72. The number of rotatable bonds is 5. The van der Waals surface area contributed by atoms with Crippen molar-refractivity contribution in [2.75, 3.05) is 6.54 Å². The van der Waals surface area contributed by atoms with Gasteiger partial charge in [0.25, 0.3) is 0 Å². The van der Waals surface area contributed by atoms with E-state index >= 15 is 0 Å². The molecule has 0 spiro atoms. The van der Waals surface area contributed by atoms with E-state index in [4.69, 9.17) is 11.6 Å². The van der Waals surface area contributed by atoms with Crippen LogP contribution in [0.4, 0.5) is 0 Å². The van der Waals surface area contributed by atoms with E-state index in [-0.39, 0.29) is 6.04 Å². The molecule has 3 heteroatoms. The second-order valence-electron chi connectivity index (χ2n) is 4.46. The molecule has 0 aliphatic carbocycles. The zero-order chi connectivity index (χ0) is 13.5. The summed E-state index contributed by atoms with van der Waals surface area (Å²) in [6.07, 6.45) is 3.63. The van der Waals surface area contributed by atoms with Crippen LogP contribution in [-0.2, 0) is 0 Å². The van der Waals surface area contributed by atoms with E-state index in [1.54, 1.807) is 5.54 Å². The molecule has 0 aliphatic heterocycles. The Morgan fingerprint density at radius 3 is 2.42 bits per heavy atom. The summed E-state index contributed by atoms with van der Waals surface area (Å²) in [6.45, 7) is 2.76. The van der Waals surface area contributed by atoms with Gasteiger partial charge < -0.3 is 5.32 Å². The quantitative estimate of drug-likeness (QED) is 0.893. The summed E-state index contributed by atoms with van der Waals surface area (Å²) >= 11 is 5.72. The highest BCUT2D eigenvalue weighted by molar-refractivity contribution is 6.25. The first-order chi connectivity index (χ1) is 9.31. The Hall–Kier alpha value is -1.64. The minimum Gasteiger partial charge on any atom is -0.302 e. The number of hydrogen-bond acceptors (Lipinski definition) is 2. The van der Waals surface area contributed by atoms with Gasteiger partial charge in [-0.15, -0.1) is 0 Å². The van der Waals surface area contributed by atoms with Crippen LogP contribution < -0.4 is 5.32 Å². The van der Waals surface area contributed by atoms with E-state index in [0.29, 0.717) is 0 Å². The van der Waals surface area contributed by atoms with Gasteiger partial charge in [0.1, 0.15) is 0 Å². The predicted molar refractivity (Wildman–Crippen MR) is 80.1 cm³/mol. The van der Waals surface area contributed by atoms with Crippen LogP contribution >= 0.6 is 11.6 Å². The Balaban J connectivity index is 2.24. The second kappa shape index (κ2) is 7.07. The van der Waals surface area contributed by atoms with Gasteiger partial charge in [0.15, 0.2) is 0 Å². The summed E-state index contributed by atoms with van der Waals surface area (Å²) in [5.41, 5.74) is 5.15. The fourth-order valence-electron chi connectivity index (χ4n) is 1.93. The fraction of sp³-hybridized carbons (Fsp3) is 0.188. The Morgan fingerprint density at radius 2 is 1.79 bits per heavy atom. The van der Waals surface area contributed by atoms with Gasteiger partial charge in [0, 0.05) is 24.5 Å². The highest BCUT2D eigenvalue weighted by Gasteiger charge is 2.12. The minimum absolute atomic E-state index is 0.149. The topological polar surface area (TPSA) is 24.9 Å². The third-order valence-corrected chi connectivity index (χ3v) is 3.32. The van der Waals surface area contributed by atoms with Crippen LogP contribution in [0, 0.1) is 0 Å². The molecule has 0 fully saturated rings. The van der Waals surface area contributed by atoms with Crippen LogP contribution in [0.1, 0.15) is 24.1 Å². The van der Waals surface area contributed by atoms with Gasteiger partial charge in [-0.05, 0) is 35.8 Å². The van der Waals surface area contributed by atoms with Crippen LogP contribution in [0.2, 0.25) is 0 Å². The number of nitrogens with zero attached hydrogens (tertiary/aromatic N) is 1. The molecule has 2 aromatic rings. The van der Waals surface area contributed by atoms with Crippen molar-refractivity contribution in [1.82, 2.24) is 10.3 Å². The van der Waals surface area contributed by atoms with Crippen molar-refractivity contribution in [3.63, 3.8) is 0 Å². The van der Waals surface area contributed by atoms with E-state index in [2.05, 4.69) is 34.6 Å². The molecule has 1 N–H and O–H groups in total. The van der Waals surface area contributed by atoms with E-state index in [0.717, 1.165) is 12.1 Å². The van der Waals surface area contributed by atoms with Gasteiger partial charge in [0.05, 0.1) is 6.04 Å². The normalized spacial score (nSPS) is 13.3. The first kappa shape index (κ1) is 13.8. The molecule has 0 amide bonds. The van der Waals surface area contributed by atoms with Gasteiger partial charge in [-0.3, -0.25) is 4.98 Å². The van der Waals surface area contributed by atoms with Crippen LogP contribution in [0.5, 0.6) is 0 Å². The molecule has 1 unspecified atom stereocenters. The first-order valence-electron chi connectivity index (χ1n) is 6.25. The summed E-state index contributed by atoms with van der Waals surface area (Å²) in [4.78, 5) is 4.07. The predicted octanol–water partition coefficient (Wildman–Crippen LogP) is 3.90. The summed E-state index contributed by atoms with van der Waals surface area (Å²) in [5.74, 6) is 0. The van der Waals surface area contributed by atoms with Gasteiger partial charge >= 0.3 is 0 Å². The van der Waals surface area contributed by atoms with Gasteiger partial charge in [-0.2, -0.15) is 0 Å². The van der Waals surface area contributed by atoms with E-state index in [1.807, 2.05) is 37.5 Å². The van der Waals surface area contributed by atoms with Crippen LogP contribution in [0.15, 0.2) is 66.0 Å². The van der Waals surface area contributed by atoms with Crippen molar-refractivity contribution in [3.8, 4) is 0 Å². The van der Waals surface area contributed by atoms with Gasteiger partial charge in [0.2, 0.25) is 0 Å². The molecule has 1 aromatic heterocycles. The smallest absolute Gasteiger partial charge is 0.0580 e. The van der Waals surface area contributed by atoms with Crippen molar-refractivity contribution in [2.45, 2.75) is 13.0 Å². The summed E-state index contributed by atoms with van der Waals surface area (Å²) in [6, 6.07) is 14.6. The Kier molecular flexibility index (Phi) is 5.13. The molecule has 98 valence electrons. The highest BCUT2D eigenvalue weighted by Crippen LogP contribution is 2.21. The Morgan fingerprint density at radius 1 is 1.16 bits per heavy atom. The number of nitrogens with one attached hydrogen (secondary N) is 1. The number of hydrogen-bond donors (Lipinski definition) is 1. The Bertz CT molecular complexity index is 483. The molecule has 2 nitrogen and oxygen atoms in total. The molecular formula is C16H17ClN2. The molecule has 2 rings (SSSR count). The third kappa shape index (κ3) is 3.91. The number of benzene rings is 1. The number of pyridine rings is 1. The molecule has 1 aromatic carbocycles. The van der Waals surface area contributed by atoms with E-state index < -0.39 is 0 Å². The van der Waals surface area contributed by atoms with Crippen molar-refractivity contribution >= 4 is 11.6 Å². The number of aromatic nitrogens is 1. The largest absolute Gasteiger partial charge is 0.302 e. The van der Waals surface area contributed by atoms with Crippen LogP contribution in [0.25, 0.3) is 0 Å². The summed E-state index contributed by atoms with van der Waals surface area (Å²) in [7, 11) is 0. The van der Waals surface area contributed by atoms with Crippen molar-refractivity contribution in [3.05, 3.63) is 77.1 Å². The van der Waals surface area contributed by atoms with E-state index in [1.165, 1.54) is 11.1 Å². The van der Waals surface area contributed by atoms with Crippen molar-refractivity contribution in [2.24, 2.45) is 0 Å². The first-order valence-corrected chi connectivity index (χ1v) is 6.69. The van der Waals surface area contributed by atoms with Crippen LogP contribution in [0.3, 0.4) is 0 Å². The molecule has 0 saturated heterocycles. The molecule has 0 radical (unpaired) electrons. The van der Waals surface area contributed by atoms with Gasteiger partial charge in [-0.25, -0.2) is 0 Å². The monoisotopic (exact) mass is 272 g/mol. The number of halogens is 1. The SMILES string of the molecule is C/C(=C/Cl)CNC(c1ccccc1)c1ccncc1. The van der Waals surface area contributed by atoms with Gasteiger partial charge in [-0.1, -0.05) is 41.9 Å². The molecule has 0 bridgehead atoms. The van der Waals surface area contributed by atoms with Crippen molar-refractivity contribution < 1.29 is 0 Å². The molecular weight excluding hydrogens is 256 g/mol. The lowest BCUT2D eigenvalue weighted by Gasteiger charge is -2.19. The lowest BCUT2D eigenvalue weighted by Crippen LogP contribution is -2.24. The zero-order valence-corrected chi connectivity index (χ0v) is 11.6.